The van der Waals surface area contributed by atoms with Crippen LogP contribution >= 0.6 is 7.82 Å². The molecule has 0 aliphatic carbocycles. The molecule has 12 heteroatoms. The van der Waals surface area contributed by atoms with Crippen molar-refractivity contribution in [1.82, 2.24) is 9.80 Å². The molecule has 1 unspecified atom stereocenters. The number of hydrogen-bond donors (Lipinski definition) is 5. The monoisotopic (exact) mass is 339 g/mol. The molecule has 2 amide bonds. The minimum atomic E-state index is -4.74. The van der Waals surface area contributed by atoms with Gasteiger partial charge < -0.3 is 35.4 Å². The van der Waals surface area contributed by atoms with Crippen molar-refractivity contribution in [3.8, 4) is 0 Å². The van der Waals surface area contributed by atoms with Crippen molar-refractivity contribution in [2.75, 3.05) is 13.7 Å². The first-order valence-corrected chi connectivity index (χ1v) is 7.85. The van der Waals surface area contributed by atoms with E-state index >= 15 is 0 Å². The third-order valence-electron chi connectivity index (χ3n) is 3.43. The van der Waals surface area contributed by atoms with Crippen LogP contribution < -0.4 is 5.73 Å². The number of aliphatic hydroxyl groups is 2. The molecule has 2 aliphatic rings. The van der Waals surface area contributed by atoms with Gasteiger partial charge in [0.05, 0.1) is 6.61 Å². The van der Waals surface area contributed by atoms with Crippen molar-refractivity contribution in [2.45, 2.75) is 30.7 Å². The van der Waals surface area contributed by atoms with Crippen LogP contribution in [0.25, 0.3) is 0 Å². The van der Waals surface area contributed by atoms with Gasteiger partial charge in [0.15, 0.2) is 6.23 Å². The number of phosphoric ester groups is 1. The molecule has 1 saturated heterocycles. The highest BCUT2D eigenvalue weighted by molar-refractivity contribution is 7.46. The van der Waals surface area contributed by atoms with Crippen LogP contribution in [-0.2, 0) is 13.8 Å². The van der Waals surface area contributed by atoms with E-state index in [0.29, 0.717) is 0 Å². The van der Waals surface area contributed by atoms with Crippen molar-refractivity contribution in [3.05, 3.63) is 12.3 Å². The number of nitrogens with zero attached hydrogens (tertiary/aromatic N) is 2. The summed E-state index contributed by atoms with van der Waals surface area (Å²) in [4.78, 5) is 31.6. The van der Waals surface area contributed by atoms with E-state index in [9.17, 15) is 19.6 Å². The zero-order chi connectivity index (χ0) is 16.7. The van der Waals surface area contributed by atoms with Gasteiger partial charge in [-0.05, 0) is 6.08 Å². The Hall–Kier alpha value is -1.04. The summed E-state index contributed by atoms with van der Waals surface area (Å²) < 4.78 is 20.2. The molecule has 0 radical (unpaired) electrons. The molecule has 0 aromatic heterocycles. The fourth-order valence-corrected chi connectivity index (χ4v) is 2.49. The minimum absolute atomic E-state index is 0.553. The summed E-state index contributed by atoms with van der Waals surface area (Å²) in [6.07, 6.45) is -3.18. The number of ether oxygens (including phenoxy) is 1. The number of aliphatic hydroxyl groups excluding tert-OH is 2. The average Bonchev–Trinajstić information content (AvgIpc) is 2.70. The molecule has 126 valence electrons. The zero-order valence-corrected chi connectivity index (χ0v) is 12.5. The van der Waals surface area contributed by atoms with Gasteiger partial charge in [-0.25, -0.2) is 9.36 Å². The van der Waals surface area contributed by atoms with Crippen LogP contribution in [0.4, 0.5) is 4.79 Å². The molecule has 0 bridgehead atoms. The van der Waals surface area contributed by atoms with Gasteiger partial charge in [-0.1, -0.05) is 0 Å². The first-order valence-electron chi connectivity index (χ1n) is 6.32. The Bertz CT molecular complexity index is 510. The number of amides is 2. The minimum Gasteiger partial charge on any atom is -0.387 e. The molecule has 6 N–H and O–H groups in total. The van der Waals surface area contributed by atoms with Crippen molar-refractivity contribution in [1.29, 1.82) is 0 Å². The van der Waals surface area contributed by atoms with Crippen LogP contribution in [0.2, 0.25) is 0 Å². The quantitative estimate of drug-likeness (QED) is 0.354. The predicted octanol–water partition coefficient (Wildman–Crippen LogP) is -2.29. The summed E-state index contributed by atoms with van der Waals surface area (Å²) in [7, 11) is -3.28. The second kappa shape index (κ2) is 6.22. The lowest BCUT2D eigenvalue weighted by atomic mass is 10.1. The van der Waals surface area contributed by atoms with Gasteiger partial charge in [0.1, 0.15) is 24.5 Å². The molecule has 2 heterocycles. The lowest BCUT2D eigenvalue weighted by molar-refractivity contribution is -0.0698. The smallest absolute Gasteiger partial charge is 0.387 e. The zero-order valence-electron chi connectivity index (χ0n) is 11.6. The number of hydrogen-bond acceptors (Lipinski definition) is 7. The third kappa shape index (κ3) is 3.47. The third-order valence-corrected chi connectivity index (χ3v) is 3.92. The number of phosphoric acid groups is 1. The molecule has 0 saturated carbocycles. The van der Waals surface area contributed by atoms with E-state index < -0.39 is 51.2 Å². The van der Waals surface area contributed by atoms with E-state index in [1.54, 1.807) is 0 Å². The summed E-state index contributed by atoms with van der Waals surface area (Å²) in [5.41, 5.74) is 5.65. The van der Waals surface area contributed by atoms with E-state index in [4.69, 9.17) is 20.3 Å². The first kappa shape index (κ1) is 17.3. The maximum absolute atomic E-state index is 12.1. The molecule has 1 fully saturated rings. The Labute approximate surface area is 125 Å². The van der Waals surface area contributed by atoms with Gasteiger partial charge in [-0.2, -0.15) is 0 Å². The Morgan fingerprint density at radius 3 is 2.64 bits per heavy atom. The topological polar surface area (TPSA) is 166 Å². The van der Waals surface area contributed by atoms with E-state index in [-0.39, 0.29) is 0 Å². The number of likely N-dealkylation sites (N-methyl/N-ethyl adjacent to an activating group) is 1. The molecular formula is C10H18N3O8P. The van der Waals surface area contributed by atoms with Crippen molar-refractivity contribution >= 4 is 13.9 Å². The Morgan fingerprint density at radius 1 is 1.41 bits per heavy atom. The van der Waals surface area contributed by atoms with Gasteiger partial charge in [0, 0.05) is 13.2 Å². The highest BCUT2D eigenvalue weighted by Gasteiger charge is 2.48. The molecule has 2 rings (SSSR count). The molecule has 0 aromatic rings. The van der Waals surface area contributed by atoms with Crippen molar-refractivity contribution in [3.63, 3.8) is 0 Å². The molecule has 0 spiro atoms. The van der Waals surface area contributed by atoms with Crippen LogP contribution in [0.5, 0.6) is 0 Å². The predicted molar refractivity (Wildman–Crippen MR) is 70.8 cm³/mol. The van der Waals surface area contributed by atoms with Crippen LogP contribution in [0.3, 0.4) is 0 Å². The maximum Gasteiger partial charge on any atom is 0.469 e. The van der Waals surface area contributed by atoms with Gasteiger partial charge >= 0.3 is 13.9 Å². The highest BCUT2D eigenvalue weighted by Crippen LogP contribution is 2.37. The van der Waals surface area contributed by atoms with Crippen LogP contribution in [-0.4, -0.2) is 80.2 Å². The SMILES string of the molecule is CN1C(=O)N([C@@H]2O[C@H](COP(=O)(O)O)[C@@H](O)[C@H]2O)C=CC1N. The summed E-state index contributed by atoms with van der Waals surface area (Å²) in [5, 5.41) is 19.8. The van der Waals surface area contributed by atoms with Crippen LogP contribution in [0, 0.1) is 0 Å². The highest BCUT2D eigenvalue weighted by atomic mass is 31.2. The summed E-state index contributed by atoms with van der Waals surface area (Å²) >= 11 is 0. The molecule has 11 nitrogen and oxygen atoms in total. The number of urea groups is 1. The van der Waals surface area contributed by atoms with Gasteiger partial charge in [-0.3, -0.25) is 9.42 Å². The van der Waals surface area contributed by atoms with Crippen LogP contribution in [0.1, 0.15) is 0 Å². The second-order valence-corrected chi connectivity index (χ2v) is 6.20. The Balaban J connectivity index is 2.08. The van der Waals surface area contributed by atoms with E-state index in [2.05, 4.69) is 4.52 Å². The fraction of sp³-hybridized carbons (Fsp3) is 0.700. The van der Waals surface area contributed by atoms with Crippen LogP contribution in [0.15, 0.2) is 12.3 Å². The number of rotatable bonds is 4. The van der Waals surface area contributed by atoms with Gasteiger partial charge in [0.2, 0.25) is 0 Å². The molecular weight excluding hydrogens is 321 g/mol. The number of carbonyl (C=O) groups excluding carboxylic acids is 1. The Morgan fingerprint density at radius 2 is 2.05 bits per heavy atom. The maximum atomic E-state index is 12.1. The number of carbonyl (C=O) groups is 1. The van der Waals surface area contributed by atoms with Crippen molar-refractivity contribution in [2.24, 2.45) is 5.73 Å². The number of nitrogens with two attached hydrogens (primary N) is 1. The normalized spacial score (nSPS) is 36.3. The van der Waals surface area contributed by atoms with E-state index in [0.717, 1.165) is 4.90 Å². The second-order valence-electron chi connectivity index (χ2n) is 4.97. The molecule has 0 aromatic carbocycles. The van der Waals surface area contributed by atoms with Gasteiger partial charge in [0.25, 0.3) is 0 Å². The molecule has 22 heavy (non-hydrogen) atoms. The van der Waals surface area contributed by atoms with E-state index in [1.807, 2.05) is 0 Å². The first-order chi connectivity index (χ1) is 10.1. The molecule has 2 aliphatic heterocycles. The van der Waals surface area contributed by atoms with E-state index in [1.165, 1.54) is 24.2 Å². The lowest BCUT2D eigenvalue weighted by Crippen LogP contribution is -2.55. The average molecular weight is 339 g/mol. The summed E-state index contributed by atoms with van der Waals surface area (Å²) in [5.74, 6) is 0. The fourth-order valence-electron chi connectivity index (χ4n) is 2.14. The van der Waals surface area contributed by atoms with Gasteiger partial charge in [-0.15, -0.1) is 0 Å². The van der Waals surface area contributed by atoms with Crippen molar-refractivity contribution < 1.29 is 38.6 Å². The molecule has 5 atom stereocenters. The Kier molecular flexibility index (Phi) is 4.90. The lowest BCUT2D eigenvalue weighted by Gasteiger charge is -2.36. The largest absolute Gasteiger partial charge is 0.469 e. The standard InChI is InChI=1S/C10H18N3O8P/c1-12-6(11)2-3-13(10(12)16)9-8(15)7(14)5(21-9)4-20-22(17,18)19/h2-3,5-9,14-15H,4,11H2,1H3,(H2,17,18,19)/t5-,6?,7-,8-,9-/m1/s1. The summed E-state index contributed by atoms with van der Waals surface area (Å²) in [6.45, 7) is -0.639. The summed E-state index contributed by atoms with van der Waals surface area (Å²) in [6, 6.07) is -0.553.